The van der Waals surface area contributed by atoms with E-state index in [9.17, 15) is 4.79 Å². The molecule has 1 atom stereocenters. The zero-order chi connectivity index (χ0) is 13.0. The Morgan fingerprint density at radius 3 is 2.94 bits per heavy atom. The van der Waals surface area contributed by atoms with Crippen molar-refractivity contribution in [1.29, 1.82) is 0 Å². The number of aliphatic carboxylic acids is 1. The van der Waals surface area contributed by atoms with Crippen molar-refractivity contribution in [2.24, 2.45) is 5.92 Å². The topological polar surface area (TPSA) is 75.4 Å². The standard InChI is InChI=1S/C13H16N2O3/c1-2-5-9(12(16)17)8-14-13-15-10-6-3-4-7-11(10)18-13/h3-4,6-7,9H,2,5,8H2,1H3,(H,14,15)(H,16,17). The van der Waals surface area contributed by atoms with Crippen LogP contribution in [0.3, 0.4) is 0 Å². The van der Waals surface area contributed by atoms with Crippen molar-refractivity contribution in [2.45, 2.75) is 19.8 Å². The van der Waals surface area contributed by atoms with Crippen LogP contribution in [0.2, 0.25) is 0 Å². The number of para-hydroxylation sites is 2. The van der Waals surface area contributed by atoms with Gasteiger partial charge in [0.25, 0.3) is 6.01 Å². The summed E-state index contributed by atoms with van der Waals surface area (Å²) in [6, 6.07) is 7.80. The molecular weight excluding hydrogens is 232 g/mol. The van der Waals surface area contributed by atoms with E-state index in [-0.39, 0.29) is 0 Å². The molecule has 1 heterocycles. The van der Waals surface area contributed by atoms with Crippen LogP contribution in [-0.2, 0) is 4.79 Å². The first-order valence-corrected chi connectivity index (χ1v) is 6.03. The van der Waals surface area contributed by atoms with Crippen molar-refractivity contribution in [3.05, 3.63) is 24.3 Å². The summed E-state index contributed by atoms with van der Waals surface area (Å²) in [6.45, 7) is 2.30. The van der Waals surface area contributed by atoms with Crippen LogP contribution >= 0.6 is 0 Å². The van der Waals surface area contributed by atoms with Crippen molar-refractivity contribution in [2.75, 3.05) is 11.9 Å². The Morgan fingerprint density at radius 1 is 1.50 bits per heavy atom. The Morgan fingerprint density at radius 2 is 2.28 bits per heavy atom. The molecule has 18 heavy (non-hydrogen) atoms. The summed E-state index contributed by atoms with van der Waals surface area (Å²) >= 11 is 0. The molecule has 0 saturated carbocycles. The molecule has 0 fully saturated rings. The molecule has 1 aromatic carbocycles. The Kier molecular flexibility index (Phi) is 3.82. The second-order valence-electron chi connectivity index (χ2n) is 4.19. The van der Waals surface area contributed by atoms with Gasteiger partial charge in [0.15, 0.2) is 5.58 Å². The average molecular weight is 248 g/mol. The number of carboxylic acids is 1. The van der Waals surface area contributed by atoms with Gasteiger partial charge in [-0.1, -0.05) is 25.5 Å². The highest BCUT2D eigenvalue weighted by atomic mass is 16.4. The molecule has 96 valence electrons. The summed E-state index contributed by atoms with van der Waals surface area (Å²) in [5.41, 5.74) is 1.46. The van der Waals surface area contributed by atoms with E-state index in [1.165, 1.54) is 0 Å². The van der Waals surface area contributed by atoms with Gasteiger partial charge in [-0.3, -0.25) is 4.79 Å². The lowest BCUT2D eigenvalue weighted by molar-refractivity contribution is -0.141. The predicted molar refractivity (Wildman–Crippen MR) is 68.5 cm³/mol. The van der Waals surface area contributed by atoms with Gasteiger partial charge in [-0.2, -0.15) is 4.98 Å². The second kappa shape index (κ2) is 5.53. The zero-order valence-corrected chi connectivity index (χ0v) is 10.2. The van der Waals surface area contributed by atoms with E-state index in [0.29, 0.717) is 24.6 Å². The number of carbonyl (C=O) groups is 1. The molecule has 0 radical (unpaired) electrons. The monoisotopic (exact) mass is 248 g/mol. The maximum Gasteiger partial charge on any atom is 0.308 e. The van der Waals surface area contributed by atoms with Crippen LogP contribution in [0.1, 0.15) is 19.8 Å². The van der Waals surface area contributed by atoms with E-state index in [0.717, 1.165) is 11.9 Å². The number of hydrogen-bond acceptors (Lipinski definition) is 4. The molecule has 0 aliphatic heterocycles. The summed E-state index contributed by atoms with van der Waals surface area (Å²) in [5, 5.41) is 12.0. The fourth-order valence-corrected chi connectivity index (χ4v) is 1.82. The molecule has 1 aromatic heterocycles. The molecule has 5 nitrogen and oxygen atoms in total. The summed E-state index contributed by atoms with van der Waals surface area (Å²) in [6.07, 6.45) is 1.48. The van der Waals surface area contributed by atoms with Crippen LogP contribution in [-0.4, -0.2) is 22.6 Å². The van der Waals surface area contributed by atoms with Gasteiger partial charge in [-0.05, 0) is 18.6 Å². The third-order valence-corrected chi connectivity index (χ3v) is 2.78. The van der Waals surface area contributed by atoms with Crippen molar-refractivity contribution in [1.82, 2.24) is 4.98 Å². The van der Waals surface area contributed by atoms with Crippen LogP contribution in [0.15, 0.2) is 28.7 Å². The molecule has 1 unspecified atom stereocenters. The van der Waals surface area contributed by atoms with E-state index >= 15 is 0 Å². The summed E-state index contributed by atoms with van der Waals surface area (Å²) in [7, 11) is 0. The minimum atomic E-state index is -0.791. The molecule has 0 spiro atoms. The Hall–Kier alpha value is -2.04. The minimum absolute atomic E-state index is 0.329. The highest BCUT2D eigenvalue weighted by Gasteiger charge is 2.17. The third-order valence-electron chi connectivity index (χ3n) is 2.78. The molecule has 0 aliphatic rings. The highest BCUT2D eigenvalue weighted by Crippen LogP contribution is 2.18. The van der Waals surface area contributed by atoms with Gasteiger partial charge in [-0.25, -0.2) is 0 Å². The number of fused-ring (bicyclic) bond motifs is 1. The normalized spacial score (nSPS) is 12.5. The smallest absolute Gasteiger partial charge is 0.308 e. The number of anilines is 1. The Balaban J connectivity index is 2.02. The van der Waals surface area contributed by atoms with E-state index < -0.39 is 11.9 Å². The summed E-state index contributed by atoms with van der Waals surface area (Å²) in [4.78, 5) is 15.2. The molecule has 2 N–H and O–H groups in total. The number of nitrogens with zero attached hydrogens (tertiary/aromatic N) is 1. The lowest BCUT2D eigenvalue weighted by atomic mass is 10.0. The highest BCUT2D eigenvalue weighted by molar-refractivity contribution is 5.74. The average Bonchev–Trinajstić information content (AvgIpc) is 2.76. The predicted octanol–water partition coefficient (Wildman–Crippen LogP) is 2.74. The van der Waals surface area contributed by atoms with Crippen LogP contribution in [0.5, 0.6) is 0 Å². The Labute approximate surface area is 105 Å². The SMILES string of the molecule is CCCC(CNc1nc2ccccc2o1)C(=O)O. The first kappa shape index (κ1) is 12.4. The van der Waals surface area contributed by atoms with Crippen molar-refractivity contribution in [3.63, 3.8) is 0 Å². The van der Waals surface area contributed by atoms with E-state index in [1.54, 1.807) is 0 Å². The first-order chi connectivity index (χ1) is 8.70. The number of hydrogen-bond donors (Lipinski definition) is 2. The fourth-order valence-electron chi connectivity index (χ4n) is 1.82. The fraction of sp³-hybridized carbons (Fsp3) is 0.385. The number of aromatic nitrogens is 1. The van der Waals surface area contributed by atoms with Crippen LogP contribution in [0, 0.1) is 5.92 Å². The van der Waals surface area contributed by atoms with Gasteiger partial charge in [0.1, 0.15) is 5.52 Å². The minimum Gasteiger partial charge on any atom is -0.481 e. The van der Waals surface area contributed by atoms with E-state index in [1.807, 2.05) is 31.2 Å². The number of oxazole rings is 1. The third kappa shape index (κ3) is 2.80. The van der Waals surface area contributed by atoms with Gasteiger partial charge >= 0.3 is 5.97 Å². The van der Waals surface area contributed by atoms with Gasteiger partial charge in [0, 0.05) is 6.54 Å². The molecule has 2 aromatic rings. The van der Waals surface area contributed by atoms with Crippen LogP contribution in [0.4, 0.5) is 6.01 Å². The molecule has 0 amide bonds. The maximum absolute atomic E-state index is 11.0. The van der Waals surface area contributed by atoms with Crippen LogP contribution in [0.25, 0.3) is 11.1 Å². The number of rotatable bonds is 6. The van der Waals surface area contributed by atoms with Gasteiger partial charge in [-0.15, -0.1) is 0 Å². The Bertz CT molecular complexity index is 503. The molecule has 2 rings (SSSR count). The summed E-state index contributed by atoms with van der Waals surface area (Å²) < 4.78 is 5.46. The lowest BCUT2D eigenvalue weighted by Crippen LogP contribution is -2.22. The zero-order valence-electron chi connectivity index (χ0n) is 10.2. The molecule has 0 saturated heterocycles. The summed E-state index contributed by atoms with van der Waals surface area (Å²) in [5.74, 6) is -1.20. The van der Waals surface area contributed by atoms with E-state index in [2.05, 4.69) is 10.3 Å². The number of nitrogens with one attached hydrogen (secondary N) is 1. The van der Waals surface area contributed by atoms with Crippen molar-refractivity contribution in [3.8, 4) is 0 Å². The molecular formula is C13H16N2O3. The lowest BCUT2D eigenvalue weighted by Gasteiger charge is -2.10. The van der Waals surface area contributed by atoms with Crippen LogP contribution < -0.4 is 5.32 Å². The van der Waals surface area contributed by atoms with Gasteiger partial charge < -0.3 is 14.8 Å². The second-order valence-corrected chi connectivity index (χ2v) is 4.19. The van der Waals surface area contributed by atoms with Gasteiger partial charge in [0.2, 0.25) is 0 Å². The maximum atomic E-state index is 11.0. The van der Waals surface area contributed by atoms with Crippen molar-refractivity contribution < 1.29 is 14.3 Å². The van der Waals surface area contributed by atoms with Crippen molar-refractivity contribution >= 4 is 23.1 Å². The van der Waals surface area contributed by atoms with E-state index in [4.69, 9.17) is 9.52 Å². The number of carboxylic acid groups (broad SMARTS) is 1. The molecule has 5 heteroatoms. The number of benzene rings is 1. The molecule has 0 aliphatic carbocycles. The molecule has 0 bridgehead atoms. The first-order valence-electron chi connectivity index (χ1n) is 6.03. The largest absolute Gasteiger partial charge is 0.481 e. The van der Waals surface area contributed by atoms with Gasteiger partial charge in [0.05, 0.1) is 5.92 Å². The quantitative estimate of drug-likeness (QED) is 0.822.